The van der Waals surface area contributed by atoms with E-state index in [1.165, 1.54) is 44.1 Å². The first-order valence-corrected chi connectivity index (χ1v) is 10.1. The molecule has 4 saturated carbocycles. The molecule has 3 nitrogen and oxygen atoms in total. The van der Waals surface area contributed by atoms with Gasteiger partial charge in [0.05, 0.1) is 7.11 Å². The van der Waals surface area contributed by atoms with Crippen LogP contribution in [0.2, 0.25) is 0 Å². The van der Waals surface area contributed by atoms with Crippen LogP contribution in [0, 0.1) is 35.5 Å². The number of terminal acetylenes is 1. The molecular weight excluding hydrogens is 322 g/mol. The summed E-state index contributed by atoms with van der Waals surface area (Å²) in [5, 5.41) is 3.84. The highest BCUT2D eigenvalue weighted by molar-refractivity contribution is 5.43. The lowest BCUT2D eigenvalue weighted by Gasteiger charge is -2.59. The molecule has 5 rings (SSSR count). The van der Waals surface area contributed by atoms with Gasteiger partial charge in [-0.25, -0.2) is 0 Å². The Bertz CT molecular complexity index is 655. The second-order valence-corrected chi connectivity index (χ2v) is 8.86. The van der Waals surface area contributed by atoms with Gasteiger partial charge in [-0.2, -0.15) is 0 Å². The van der Waals surface area contributed by atoms with Crippen LogP contribution in [-0.4, -0.2) is 19.8 Å². The largest absolute Gasteiger partial charge is 0.493 e. The predicted molar refractivity (Wildman–Crippen MR) is 104 cm³/mol. The Kier molecular flexibility index (Phi) is 4.88. The normalized spacial score (nSPS) is 32.9. The van der Waals surface area contributed by atoms with E-state index in [9.17, 15) is 0 Å². The molecule has 4 aliphatic carbocycles. The molecule has 0 heterocycles. The summed E-state index contributed by atoms with van der Waals surface area (Å²) in [4.78, 5) is 0. The maximum Gasteiger partial charge on any atom is 0.162 e. The van der Waals surface area contributed by atoms with Crippen molar-refractivity contribution in [2.24, 2.45) is 23.2 Å². The van der Waals surface area contributed by atoms with Crippen LogP contribution >= 0.6 is 0 Å². The van der Waals surface area contributed by atoms with Crippen molar-refractivity contribution in [1.82, 2.24) is 5.32 Å². The molecule has 3 heteroatoms. The number of hydrogen-bond donors (Lipinski definition) is 1. The zero-order valence-corrected chi connectivity index (χ0v) is 16.1. The molecule has 0 radical (unpaired) electrons. The van der Waals surface area contributed by atoms with E-state index in [1.807, 2.05) is 6.07 Å². The summed E-state index contributed by atoms with van der Waals surface area (Å²) in [6.45, 7) is 3.54. The molecular formula is C23H31NO2. The number of rotatable bonds is 7. The Morgan fingerprint density at radius 1 is 1.15 bits per heavy atom. The first kappa shape index (κ1) is 17.7. The van der Waals surface area contributed by atoms with Crippen LogP contribution in [0.3, 0.4) is 0 Å². The highest BCUT2D eigenvalue weighted by Gasteiger charge is 2.52. The van der Waals surface area contributed by atoms with Crippen LogP contribution < -0.4 is 14.8 Å². The molecule has 4 aliphatic rings. The van der Waals surface area contributed by atoms with E-state index >= 15 is 0 Å². The fourth-order valence-corrected chi connectivity index (χ4v) is 6.26. The Morgan fingerprint density at radius 3 is 2.38 bits per heavy atom. The van der Waals surface area contributed by atoms with E-state index in [4.69, 9.17) is 15.9 Å². The number of ether oxygens (including phenoxy) is 2. The molecule has 1 aromatic rings. The highest BCUT2D eigenvalue weighted by Crippen LogP contribution is 2.61. The lowest BCUT2D eigenvalue weighted by atomic mass is 9.48. The van der Waals surface area contributed by atoms with Gasteiger partial charge < -0.3 is 14.8 Å². The van der Waals surface area contributed by atoms with Crippen LogP contribution in [0.5, 0.6) is 11.5 Å². The minimum absolute atomic E-state index is 0.261. The maximum atomic E-state index is 5.54. The standard InChI is InChI=1S/C23H31NO2/c1-4-7-26-21-6-5-17(11-22(21)25-3)15-24-16(2)23-12-18-8-19(13-23)10-20(9-18)14-23/h1,5-6,11,16,18-20,24H,7-10,12-15H2,2-3H3/t16-,18?,19?,20?,23?/m1/s1. The summed E-state index contributed by atoms with van der Waals surface area (Å²) in [5.41, 5.74) is 1.76. The number of hydrogen-bond acceptors (Lipinski definition) is 3. The molecule has 0 spiro atoms. The fourth-order valence-electron chi connectivity index (χ4n) is 6.26. The summed E-state index contributed by atoms with van der Waals surface area (Å²) in [6.07, 6.45) is 14.1. The predicted octanol–water partition coefficient (Wildman–Crippen LogP) is 4.40. The minimum Gasteiger partial charge on any atom is -0.493 e. The first-order chi connectivity index (χ1) is 12.6. The summed E-state index contributed by atoms with van der Waals surface area (Å²) in [7, 11) is 1.67. The van der Waals surface area contributed by atoms with Crippen LogP contribution in [0.25, 0.3) is 0 Å². The third-order valence-corrected chi connectivity index (χ3v) is 7.16. The molecule has 4 bridgehead atoms. The Morgan fingerprint density at radius 2 is 1.81 bits per heavy atom. The van der Waals surface area contributed by atoms with E-state index in [2.05, 4.69) is 30.3 Å². The fraction of sp³-hybridized carbons (Fsp3) is 0.652. The molecule has 4 fully saturated rings. The average Bonchev–Trinajstić information content (AvgIpc) is 2.63. The number of benzene rings is 1. The Hall–Kier alpha value is -1.66. The van der Waals surface area contributed by atoms with Crippen LogP contribution in [0.15, 0.2) is 18.2 Å². The van der Waals surface area contributed by atoms with Crippen molar-refractivity contribution >= 4 is 0 Å². The highest BCUT2D eigenvalue weighted by atomic mass is 16.5. The van der Waals surface area contributed by atoms with E-state index in [-0.39, 0.29) is 6.61 Å². The van der Waals surface area contributed by atoms with Crippen LogP contribution in [0.1, 0.15) is 51.0 Å². The van der Waals surface area contributed by atoms with Gasteiger partial charge in [-0.3, -0.25) is 0 Å². The third-order valence-electron chi connectivity index (χ3n) is 7.16. The summed E-state index contributed by atoms with van der Waals surface area (Å²) in [6, 6.07) is 6.70. The summed E-state index contributed by atoms with van der Waals surface area (Å²) in [5.74, 6) is 6.95. The van der Waals surface area contributed by atoms with Crippen molar-refractivity contribution in [2.75, 3.05) is 13.7 Å². The zero-order chi connectivity index (χ0) is 18.1. The lowest BCUT2D eigenvalue weighted by Crippen LogP contribution is -2.54. The second-order valence-electron chi connectivity index (χ2n) is 8.86. The Labute approximate surface area is 157 Å². The minimum atomic E-state index is 0.261. The van der Waals surface area contributed by atoms with Crippen molar-refractivity contribution in [3.63, 3.8) is 0 Å². The molecule has 0 saturated heterocycles. The first-order valence-electron chi connectivity index (χ1n) is 10.1. The van der Waals surface area contributed by atoms with Crippen molar-refractivity contribution in [2.45, 2.75) is 58.0 Å². The average molecular weight is 354 g/mol. The van der Waals surface area contributed by atoms with E-state index in [1.54, 1.807) is 7.11 Å². The van der Waals surface area contributed by atoms with Gasteiger partial charge in [-0.1, -0.05) is 12.0 Å². The van der Waals surface area contributed by atoms with Gasteiger partial charge in [0.2, 0.25) is 0 Å². The number of nitrogens with one attached hydrogen (secondary N) is 1. The number of methoxy groups -OCH3 is 1. The van der Waals surface area contributed by atoms with Gasteiger partial charge in [0.25, 0.3) is 0 Å². The second kappa shape index (κ2) is 7.16. The molecule has 1 N–H and O–H groups in total. The van der Waals surface area contributed by atoms with Crippen LogP contribution in [-0.2, 0) is 6.54 Å². The van der Waals surface area contributed by atoms with Crippen molar-refractivity contribution in [3.8, 4) is 23.8 Å². The SMILES string of the molecule is C#CCOc1ccc(CN[C@H](C)C23CC4CC(CC(C4)C2)C3)cc1OC. The van der Waals surface area contributed by atoms with Gasteiger partial charge in [-0.15, -0.1) is 6.42 Å². The monoisotopic (exact) mass is 353 g/mol. The molecule has 1 atom stereocenters. The summed E-state index contributed by atoms with van der Waals surface area (Å²) >= 11 is 0. The van der Waals surface area contributed by atoms with Gasteiger partial charge in [0.1, 0.15) is 6.61 Å². The molecule has 0 amide bonds. The van der Waals surface area contributed by atoms with E-state index < -0.39 is 0 Å². The quantitative estimate of drug-likeness (QED) is 0.737. The lowest BCUT2D eigenvalue weighted by molar-refractivity contribution is -0.0706. The zero-order valence-electron chi connectivity index (χ0n) is 16.1. The molecule has 0 aliphatic heterocycles. The maximum absolute atomic E-state index is 5.54. The van der Waals surface area contributed by atoms with Crippen molar-refractivity contribution in [3.05, 3.63) is 23.8 Å². The Balaban J connectivity index is 1.40. The van der Waals surface area contributed by atoms with E-state index in [0.717, 1.165) is 30.0 Å². The van der Waals surface area contributed by atoms with Crippen LogP contribution in [0.4, 0.5) is 0 Å². The van der Waals surface area contributed by atoms with Gasteiger partial charge in [0.15, 0.2) is 11.5 Å². The topological polar surface area (TPSA) is 30.5 Å². The summed E-state index contributed by atoms with van der Waals surface area (Å²) < 4.78 is 11.0. The molecule has 1 aromatic carbocycles. The third kappa shape index (κ3) is 3.32. The van der Waals surface area contributed by atoms with Crippen molar-refractivity contribution < 1.29 is 9.47 Å². The van der Waals surface area contributed by atoms with Gasteiger partial charge in [-0.05, 0) is 86.3 Å². The molecule has 0 unspecified atom stereocenters. The molecule has 140 valence electrons. The smallest absolute Gasteiger partial charge is 0.162 e. The van der Waals surface area contributed by atoms with E-state index in [0.29, 0.717) is 17.2 Å². The molecule has 26 heavy (non-hydrogen) atoms. The van der Waals surface area contributed by atoms with Gasteiger partial charge >= 0.3 is 0 Å². The molecule has 0 aromatic heterocycles. The van der Waals surface area contributed by atoms with Crippen molar-refractivity contribution in [1.29, 1.82) is 0 Å². The van der Waals surface area contributed by atoms with Gasteiger partial charge in [0, 0.05) is 12.6 Å².